The third-order valence-corrected chi connectivity index (χ3v) is 3.72. The monoisotopic (exact) mass is 295 g/mol. The maximum absolute atomic E-state index is 4.33. The van der Waals surface area contributed by atoms with Crippen molar-refractivity contribution in [1.29, 1.82) is 0 Å². The Hall–Kier alpha value is -2.47. The van der Waals surface area contributed by atoms with Crippen molar-refractivity contribution in [3.05, 3.63) is 72.3 Å². The summed E-state index contributed by atoms with van der Waals surface area (Å²) in [6.07, 6.45) is 5.02. The summed E-state index contributed by atoms with van der Waals surface area (Å²) in [5, 5.41) is 13.1. The highest BCUT2D eigenvalue weighted by Crippen LogP contribution is 2.20. The summed E-state index contributed by atoms with van der Waals surface area (Å²) in [5.74, 6) is 0.832. The van der Waals surface area contributed by atoms with Crippen molar-refractivity contribution in [2.75, 3.05) is 0 Å². The zero-order valence-corrected chi connectivity index (χ0v) is 12.0. The molecule has 0 N–H and O–H groups in total. The van der Waals surface area contributed by atoms with Crippen LogP contribution in [0.2, 0.25) is 0 Å². The zero-order chi connectivity index (χ0) is 14.3. The van der Waals surface area contributed by atoms with Crippen molar-refractivity contribution in [2.24, 2.45) is 5.10 Å². The highest BCUT2D eigenvalue weighted by atomic mass is 32.2. The molecule has 0 atom stereocenters. The molecule has 21 heavy (non-hydrogen) atoms. The molecule has 0 unspecified atom stereocenters. The van der Waals surface area contributed by atoms with Gasteiger partial charge in [0.25, 0.3) is 0 Å². The molecule has 1 aromatic carbocycles. The standard InChI is InChI=1S/C15H13N5S/c1-2-6-13(7-3-1)11-21-15-19-17-12-20(15)18-10-14-8-4-5-9-16-14/h1-10,12H,11H2/b18-10+. The lowest BCUT2D eigenvalue weighted by Crippen LogP contribution is -1.93. The fourth-order valence-electron chi connectivity index (χ4n) is 1.69. The Morgan fingerprint density at radius 2 is 1.95 bits per heavy atom. The molecule has 0 radical (unpaired) electrons. The molecule has 104 valence electrons. The highest BCUT2D eigenvalue weighted by molar-refractivity contribution is 7.98. The summed E-state index contributed by atoms with van der Waals surface area (Å²) in [6.45, 7) is 0. The SMILES string of the molecule is C(=N\n1cnnc1SCc1ccccc1)/c1ccccn1. The van der Waals surface area contributed by atoms with Gasteiger partial charge in [-0.25, -0.2) is 0 Å². The van der Waals surface area contributed by atoms with Crippen LogP contribution in [0.15, 0.2) is 71.3 Å². The molecular formula is C15H13N5S. The number of aromatic nitrogens is 4. The van der Waals surface area contributed by atoms with Crippen molar-refractivity contribution >= 4 is 18.0 Å². The van der Waals surface area contributed by atoms with Gasteiger partial charge in [0, 0.05) is 11.9 Å². The molecule has 0 aliphatic carbocycles. The average molecular weight is 295 g/mol. The summed E-state index contributed by atoms with van der Waals surface area (Å²) in [7, 11) is 0. The number of hydrogen-bond acceptors (Lipinski definition) is 5. The van der Waals surface area contributed by atoms with Gasteiger partial charge in [-0.15, -0.1) is 10.2 Å². The van der Waals surface area contributed by atoms with E-state index in [2.05, 4.69) is 32.4 Å². The van der Waals surface area contributed by atoms with E-state index < -0.39 is 0 Å². The van der Waals surface area contributed by atoms with E-state index in [1.165, 1.54) is 5.56 Å². The molecule has 3 rings (SSSR count). The molecule has 0 aliphatic rings. The first-order chi connectivity index (χ1) is 10.4. The summed E-state index contributed by atoms with van der Waals surface area (Å²) >= 11 is 1.60. The fourth-order valence-corrected chi connectivity index (χ4v) is 2.51. The van der Waals surface area contributed by atoms with Gasteiger partial charge < -0.3 is 0 Å². The predicted molar refractivity (Wildman–Crippen MR) is 83.3 cm³/mol. The minimum absolute atomic E-state index is 0.756. The third-order valence-electron chi connectivity index (χ3n) is 2.71. The molecule has 2 aromatic heterocycles. The van der Waals surface area contributed by atoms with Gasteiger partial charge in [-0.3, -0.25) is 4.98 Å². The van der Waals surface area contributed by atoms with Crippen LogP contribution < -0.4 is 0 Å². The summed E-state index contributed by atoms with van der Waals surface area (Å²) < 4.78 is 1.66. The van der Waals surface area contributed by atoms with Gasteiger partial charge in [0.2, 0.25) is 5.16 Å². The molecule has 0 saturated heterocycles. The van der Waals surface area contributed by atoms with Crippen molar-refractivity contribution in [1.82, 2.24) is 19.9 Å². The Balaban J connectivity index is 1.68. The lowest BCUT2D eigenvalue weighted by atomic mass is 10.2. The van der Waals surface area contributed by atoms with Crippen LogP contribution in [0.3, 0.4) is 0 Å². The van der Waals surface area contributed by atoms with Crippen LogP contribution in [0.25, 0.3) is 0 Å². The molecule has 0 saturated carbocycles. The van der Waals surface area contributed by atoms with Crippen LogP contribution in [0.5, 0.6) is 0 Å². The second-order valence-electron chi connectivity index (χ2n) is 4.23. The second-order valence-corrected chi connectivity index (χ2v) is 5.17. The largest absolute Gasteiger partial charge is 0.255 e. The molecule has 6 heteroatoms. The maximum atomic E-state index is 4.33. The van der Waals surface area contributed by atoms with E-state index in [9.17, 15) is 0 Å². The smallest absolute Gasteiger partial charge is 0.212 e. The molecule has 5 nitrogen and oxygen atoms in total. The lowest BCUT2D eigenvalue weighted by Gasteiger charge is -2.00. The zero-order valence-electron chi connectivity index (χ0n) is 11.2. The van der Waals surface area contributed by atoms with E-state index >= 15 is 0 Å². The number of rotatable bonds is 5. The number of nitrogens with zero attached hydrogens (tertiary/aromatic N) is 5. The molecular weight excluding hydrogens is 282 g/mol. The normalized spacial score (nSPS) is 11.0. The highest BCUT2D eigenvalue weighted by Gasteiger charge is 2.04. The van der Waals surface area contributed by atoms with Crippen molar-refractivity contribution in [3.63, 3.8) is 0 Å². The van der Waals surface area contributed by atoms with Crippen molar-refractivity contribution in [2.45, 2.75) is 10.9 Å². The van der Waals surface area contributed by atoms with Crippen LogP contribution >= 0.6 is 11.8 Å². The Morgan fingerprint density at radius 3 is 2.76 bits per heavy atom. The summed E-state index contributed by atoms with van der Waals surface area (Å²) in [4.78, 5) is 4.19. The molecule has 0 aliphatic heterocycles. The molecule has 0 spiro atoms. The quantitative estimate of drug-likeness (QED) is 0.536. The lowest BCUT2D eigenvalue weighted by molar-refractivity contribution is 0.766. The van der Waals surface area contributed by atoms with Gasteiger partial charge >= 0.3 is 0 Å². The van der Waals surface area contributed by atoms with E-state index in [0.29, 0.717) is 0 Å². The van der Waals surface area contributed by atoms with Gasteiger partial charge in [-0.05, 0) is 17.7 Å². The van der Waals surface area contributed by atoms with Gasteiger partial charge in [0.05, 0.1) is 11.9 Å². The molecule has 0 amide bonds. The van der Waals surface area contributed by atoms with E-state index in [1.807, 2.05) is 36.4 Å². The number of pyridine rings is 1. The molecule has 0 fully saturated rings. The van der Waals surface area contributed by atoms with Crippen LogP contribution in [0.1, 0.15) is 11.3 Å². The number of hydrogen-bond donors (Lipinski definition) is 0. The first kappa shape index (κ1) is 13.5. The van der Waals surface area contributed by atoms with Crippen molar-refractivity contribution in [3.8, 4) is 0 Å². The second kappa shape index (κ2) is 6.81. The number of benzene rings is 1. The maximum Gasteiger partial charge on any atom is 0.212 e. The Morgan fingerprint density at radius 1 is 1.10 bits per heavy atom. The Kier molecular flexibility index (Phi) is 4.38. The van der Waals surface area contributed by atoms with Crippen LogP contribution in [-0.4, -0.2) is 26.1 Å². The van der Waals surface area contributed by atoms with Gasteiger partial charge in [-0.1, -0.05) is 48.2 Å². The van der Waals surface area contributed by atoms with Gasteiger partial charge in [-0.2, -0.15) is 9.78 Å². The fraction of sp³-hybridized carbons (Fsp3) is 0.0667. The van der Waals surface area contributed by atoms with E-state index in [0.717, 1.165) is 16.6 Å². The molecule has 2 heterocycles. The Labute approximate surface area is 126 Å². The minimum Gasteiger partial charge on any atom is -0.255 e. The number of thioether (sulfide) groups is 1. The van der Waals surface area contributed by atoms with Crippen LogP contribution in [0, 0.1) is 0 Å². The van der Waals surface area contributed by atoms with Crippen LogP contribution in [-0.2, 0) is 5.75 Å². The Bertz CT molecular complexity index is 709. The first-order valence-corrected chi connectivity index (χ1v) is 7.42. The first-order valence-electron chi connectivity index (χ1n) is 6.44. The van der Waals surface area contributed by atoms with Gasteiger partial charge in [0.1, 0.15) is 6.33 Å². The van der Waals surface area contributed by atoms with Gasteiger partial charge in [0.15, 0.2) is 0 Å². The summed E-state index contributed by atoms with van der Waals surface area (Å²) in [6, 6.07) is 15.9. The predicted octanol–water partition coefficient (Wildman–Crippen LogP) is 2.85. The van der Waals surface area contributed by atoms with E-state index in [-0.39, 0.29) is 0 Å². The average Bonchev–Trinajstić information content (AvgIpc) is 3.00. The van der Waals surface area contributed by atoms with Crippen LogP contribution in [0.4, 0.5) is 0 Å². The summed E-state index contributed by atoms with van der Waals surface area (Å²) in [5.41, 5.74) is 2.04. The van der Waals surface area contributed by atoms with E-state index in [4.69, 9.17) is 0 Å². The van der Waals surface area contributed by atoms with Crippen molar-refractivity contribution < 1.29 is 0 Å². The third kappa shape index (κ3) is 3.76. The van der Waals surface area contributed by atoms with E-state index in [1.54, 1.807) is 35.2 Å². The minimum atomic E-state index is 0.756. The topological polar surface area (TPSA) is 56.0 Å². The molecule has 3 aromatic rings. The molecule has 0 bridgehead atoms.